The Kier molecular flexibility index (Phi) is 6.91. The van der Waals surface area contributed by atoms with Gasteiger partial charge < -0.3 is 14.7 Å². The van der Waals surface area contributed by atoms with E-state index in [0.29, 0.717) is 5.92 Å². The predicted molar refractivity (Wildman–Crippen MR) is 134 cm³/mol. The molecule has 1 saturated heterocycles. The number of hydrogen-bond donors (Lipinski definition) is 0. The van der Waals surface area contributed by atoms with Gasteiger partial charge in [0.1, 0.15) is 5.82 Å². The number of nitrogens with zero attached hydrogens (tertiary/aromatic N) is 3. The zero-order valence-electron chi connectivity index (χ0n) is 19.6. The Bertz CT molecular complexity index is 1090. The van der Waals surface area contributed by atoms with Crippen LogP contribution < -0.4 is 4.90 Å². The molecule has 5 heteroatoms. The van der Waals surface area contributed by atoms with Gasteiger partial charge in [0.15, 0.2) is 0 Å². The molecule has 0 spiro atoms. The highest BCUT2D eigenvalue weighted by atomic mass is 19.1. The second kappa shape index (κ2) is 10.4. The average molecular weight is 458 g/mol. The van der Waals surface area contributed by atoms with E-state index in [1.54, 1.807) is 0 Å². The third-order valence-electron chi connectivity index (χ3n) is 7.18. The second-order valence-electron chi connectivity index (χ2n) is 9.51. The maximum Gasteiger partial charge on any atom is 0.254 e. The van der Waals surface area contributed by atoms with Gasteiger partial charge in [-0.1, -0.05) is 48.5 Å². The van der Waals surface area contributed by atoms with Crippen LogP contribution in [0.3, 0.4) is 0 Å². The molecular formula is C29H32FN3O. The van der Waals surface area contributed by atoms with Crippen LogP contribution in [0.25, 0.3) is 0 Å². The minimum Gasteiger partial charge on any atom is -0.366 e. The molecule has 1 fully saturated rings. The Balaban J connectivity index is 1.13. The summed E-state index contributed by atoms with van der Waals surface area (Å²) in [4.78, 5) is 19.6. The van der Waals surface area contributed by atoms with Gasteiger partial charge in [0.05, 0.1) is 0 Å². The Morgan fingerprint density at radius 1 is 0.882 bits per heavy atom. The van der Waals surface area contributed by atoms with E-state index >= 15 is 0 Å². The number of benzene rings is 3. The molecule has 0 radical (unpaired) electrons. The van der Waals surface area contributed by atoms with Gasteiger partial charge in [-0.25, -0.2) is 4.39 Å². The fourth-order valence-corrected chi connectivity index (χ4v) is 5.18. The molecule has 0 atom stereocenters. The number of rotatable bonds is 8. The smallest absolute Gasteiger partial charge is 0.254 e. The molecule has 0 saturated carbocycles. The summed E-state index contributed by atoms with van der Waals surface area (Å²) >= 11 is 0. The number of carbonyl (C=O) groups is 1. The third kappa shape index (κ3) is 5.31. The largest absolute Gasteiger partial charge is 0.366 e. The number of likely N-dealkylation sites (tertiary alicyclic amines) is 1. The fraction of sp³-hybridized carbons (Fsp3) is 0.345. The maximum absolute atomic E-state index is 13.5. The third-order valence-corrected chi connectivity index (χ3v) is 7.18. The molecule has 3 aromatic rings. The highest BCUT2D eigenvalue weighted by Gasteiger charge is 2.30. The van der Waals surface area contributed by atoms with Gasteiger partial charge in [0.2, 0.25) is 0 Å². The molecule has 2 aliphatic heterocycles. The van der Waals surface area contributed by atoms with Crippen molar-refractivity contribution in [1.29, 1.82) is 0 Å². The lowest BCUT2D eigenvalue weighted by molar-refractivity contribution is 0.0715. The van der Waals surface area contributed by atoms with Crippen LogP contribution in [0.5, 0.6) is 0 Å². The first kappa shape index (κ1) is 22.6. The molecule has 176 valence electrons. The van der Waals surface area contributed by atoms with E-state index in [-0.39, 0.29) is 11.7 Å². The van der Waals surface area contributed by atoms with Crippen molar-refractivity contribution in [3.8, 4) is 0 Å². The van der Waals surface area contributed by atoms with E-state index in [4.69, 9.17) is 0 Å². The second-order valence-corrected chi connectivity index (χ2v) is 9.51. The normalized spacial score (nSPS) is 16.6. The lowest BCUT2D eigenvalue weighted by atomic mass is 9.96. The summed E-state index contributed by atoms with van der Waals surface area (Å²) in [5, 5.41) is 0. The van der Waals surface area contributed by atoms with Gasteiger partial charge >= 0.3 is 0 Å². The van der Waals surface area contributed by atoms with Gasteiger partial charge in [-0.3, -0.25) is 4.79 Å². The fourth-order valence-electron chi connectivity index (χ4n) is 5.18. The zero-order chi connectivity index (χ0) is 23.3. The van der Waals surface area contributed by atoms with Gasteiger partial charge in [-0.2, -0.15) is 0 Å². The van der Waals surface area contributed by atoms with Crippen LogP contribution in [0.15, 0.2) is 78.9 Å². The molecule has 34 heavy (non-hydrogen) atoms. The molecular weight excluding hydrogens is 425 g/mol. The van der Waals surface area contributed by atoms with Crippen molar-refractivity contribution in [3.63, 3.8) is 0 Å². The Hall–Kier alpha value is -3.18. The first-order chi connectivity index (χ1) is 16.7. The monoisotopic (exact) mass is 457 g/mol. The van der Waals surface area contributed by atoms with Crippen LogP contribution in [0, 0.1) is 11.7 Å². The lowest BCUT2D eigenvalue weighted by Crippen LogP contribution is -2.42. The number of fused-ring (bicyclic) bond motifs is 1. The van der Waals surface area contributed by atoms with E-state index in [9.17, 15) is 9.18 Å². The number of anilines is 1. The number of piperidine rings is 1. The highest BCUT2D eigenvalue weighted by molar-refractivity contribution is 5.98. The number of halogens is 1. The minimum absolute atomic E-state index is 0.189. The van der Waals surface area contributed by atoms with Crippen LogP contribution in [0.2, 0.25) is 0 Å². The topological polar surface area (TPSA) is 26.8 Å². The van der Waals surface area contributed by atoms with Crippen molar-refractivity contribution in [2.24, 2.45) is 5.92 Å². The molecule has 0 unspecified atom stereocenters. The number of carbonyl (C=O) groups excluding carboxylic acids is 1. The molecule has 0 aromatic heterocycles. The summed E-state index contributed by atoms with van der Waals surface area (Å²) in [5.74, 6) is 0.547. The van der Waals surface area contributed by atoms with Gasteiger partial charge in [-0.15, -0.1) is 0 Å². The highest BCUT2D eigenvalue weighted by Crippen LogP contribution is 2.26. The minimum atomic E-state index is -0.204. The van der Waals surface area contributed by atoms with Crippen LogP contribution in [0.1, 0.15) is 34.3 Å². The SMILES string of the molecule is O=C1c2ccccc2CN1CC1CCN(CCN(Cc2ccccc2)c2ccc(F)cc2)CC1. The van der Waals surface area contributed by atoms with Crippen LogP contribution in [-0.4, -0.2) is 48.4 Å². The first-order valence-corrected chi connectivity index (χ1v) is 12.3. The molecule has 2 aliphatic rings. The van der Waals surface area contributed by atoms with Crippen molar-refractivity contribution in [2.45, 2.75) is 25.9 Å². The molecule has 4 nitrogen and oxygen atoms in total. The van der Waals surface area contributed by atoms with E-state index in [1.165, 1.54) is 17.7 Å². The summed E-state index contributed by atoms with van der Waals surface area (Å²) in [6.45, 7) is 6.40. The average Bonchev–Trinajstić information content (AvgIpc) is 3.19. The molecule has 0 aliphatic carbocycles. The molecule has 0 N–H and O–H groups in total. The lowest BCUT2D eigenvalue weighted by Gasteiger charge is -2.35. The number of hydrogen-bond acceptors (Lipinski definition) is 3. The summed E-state index contributed by atoms with van der Waals surface area (Å²) in [7, 11) is 0. The predicted octanol–water partition coefficient (Wildman–Crippen LogP) is 5.20. The zero-order valence-corrected chi connectivity index (χ0v) is 19.6. The molecule has 2 heterocycles. The van der Waals surface area contributed by atoms with E-state index in [1.807, 2.05) is 41.3 Å². The van der Waals surface area contributed by atoms with Crippen molar-refractivity contribution in [3.05, 3.63) is 101 Å². The van der Waals surface area contributed by atoms with Crippen molar-refractivity contribution in [2.75, 3.05) is 37.6 Å². The van der Waals surface area contributed by atoms with Crippen molar-refractivity contribution < 1.29 is 9.18 Å². The quantitative estimate of drug-likeness (QED) is 0.465. The first-order valence-electron chi connectivity index (χ1n) is 12.3. The van der Waals surface area contributed by atoms with Gasteiger partial charge in [0, 0.05) is 44.0 Å². The summed E-state index contributed by atoms with van der Waals surface area (Å²) in [5.41, 5.74) is 4.33. The van der Waals surface area contributed by atoms with E-state index in [2.05, 4.69) is 40.1 Å². The van der Waals surface area contributed by atoms with Crippen LogP contribution in [-0.2, 0) is 13.1 Å². The standard InChI is InChI=1S/C29H32FN3O/c30-26-10-12-27(13-11-26)32(20-23-6-2-1-3-7-23)19-18-31-16-14-24(15-17-31)21-33-22-25-8-4-5-9-28(25)29(33)34/h1-13,24H,14-22H2. The summed E-state index contributed by atoms with van der Waals surface area (Å²) in [6, 6.07) is 25.2. The van der Waals surface area contributed by atoms with Crippen LogP contribution >= 0.6 is 0 Å². The van der Waals surface area contributed by atoms with E-state index < -0.39 is 0 Å². The van der Waals surface area contributed by atoms with Crippen molar-refractivity contribution in [1.82, 2.24) is 9.80 Å². The maximum atomic E-state index is 13.5. The van der Waals surface area contributed by atoms with Crippen LogP contribution in [0.4, 0.5) is 10.1 Å². The molecule has 1 amide bonds. The Labute approximate surface area is 201 Å². The molecule has 3 aromatic carbocycles. The molecule has 0 bridgehead atoms. The van der Waals surface area contributed by atoms with Gasteiger partial charge in [0.25, 0.3) is 5.91 Å². The Morgan fingerprint density at radius 2 is 1.59 bits per heavy atom. The van der Waals surface area contributed by atoms with Crippen molar-refractivity contribution >= 4 is 11.6 Å². The summed E-state index contributed by atoms with van der Waals surface area (Å²) < 4.78 is 13.5. The van der Waals surface area contributed by atoms with Gasteiger partial charge in [-0.05, 0) is 73.3 Å². The molecule has 5 rings (SSSR count). The van der Waals surface area contributed by atoms with E-state index in [0.717, 1.165) is 75.5 Å². The summed E-state index contributed by atoms with van der Waals surface area (Å²) in [6.07, 6.45) is 2.24. The number of amides is 1. The Morgan fingerprint density at radius 3 is 2.32 bits per heavy atom.